The van der Waals surface area contributed by atoms with Crippen LogP contribution in [0.5, 0.6) is 5.75 Å². The molecule has 0 bridgehead atoms. The first-order chi connectivity index (χ1) is 9.80. The molecular formula is C17H21NOS. The highest BCUT2D eigenvalue weighted by Crippen LogP contribution is 2.34. The van der Waals surface area contributed by atoms with Crippen molar-refractivity contribution in [2.45, 2.75) is 38.8 Å². The Labute approximate surface area is 124 Å². The van der Waals surface area contributed by atoms with Gasteiger partial charge in [0.2, 0.25) is 0 Å². The summed E-state index contributed by atoms with van der Waals surface area (Å²) in [4.78, 5) is 2.90. The Morgan fingerprint density at radius 2 is 2.10 bits per heavy atom. The van der Waals surface area contributed by atoms with E-state index in [4.69, 9.17) is 4.74 Å². The van der Waals surface area contributed by atoms with Gasteiger partial charge in [0, 0.05) is 22.3 Å². The maximum atomic E-state index is 5.34. The van der Waals surface area contributed by atoms with Crippen molar-refractivity contribution < 1.29 is 4.74 Å². The molecule has 0 saturated heterocycles. The second kappa shape index (κ2) is 5.98. The Hall–Kier alpha value is -1.32. The lowest BCUT2D eigenvalue weighted by Gasteiger charge is -2.14. The SMILES string of the molecule is CCc1ccc(CNC2CCc3ccc(OC)cc32)s1. The Balaban J connectivity index is 1.68. The van der Waals surface area contributed by atoms with Crippen molar-refractivity contribution in [2.24, 2.45) is 0 Å². The molecular weight excluding hydrogens is 266 g/mol. The Morgan fingerprint density at radius 3 is 2.85 bits per heavy atom. The summed E-state index contributed by atoms with van der Waals surface area (Å²) in [5, 5.41) is 3.70. The van der Waals surface area contributed by atoms with Gasteiger partial charge in [0.15, 0.2) is 0 Å². The average molecular weight is 287 g/mol. The molecule has 3 heteroatoms. The molecule has 2 aromatic rings. The van der Waals surface area contributed by atoms with E-state index in [0.717, 1.165) is 18.7 Å². The summed E-state index contributed by atoms with van der Waals surface area (Å²) >= 11 is 1.92. The average Bonchev–Trinajstić information content (AvgIpc) is 3.11. The van der Waals surface area contributed by atoms with E-state index in [1.807, 2.05) is 11.3 Å². The second-order valence-electron chi connectivity index (χ2n) is 5.26. The minimum absolute atomic E-state index is 0.465. The van der Waals surface area contributed by atoms with Crippen LogP contribution in [0, 0.1) is 0 Å². The van der Waals surface area contributed by atoms with Gasteiger partial charge in [-0.3, -0.25) is 0 Å². The number of ether oxygens (including phenoxy) is 1. The number of fused-ring (bicyclic) bond motifs is 1. The van der Waals surface area contributed by atoms with Crippen LogP contribution in [0.1, 0.15) is 40.3 Å². The van der Waals surface area contributed by atoms with Crippen molar-refractivity contribution in [2.75, 3.05) is 7.11 Å². The van der Waals surface area contributed by atoms with Gasteiger partial charge < -0.3 is 10.1 Å². The van der Waals surface area contributed by atoms with Gasteiger partial charge in [-0.15, -0.1) is 11.3 Å². The lowest BCUT2D eigenvalue weighted by molar-refractivity contribution is 0.413. The quantitative estimate of drug-likeness (QED) is 0.894. The van der Waals surface area contributed by atoms with E-state index in [-0.39, 0.29) is 0 Å². The number of rotatable bonds is 5. The van der Waals surface area contributed by atoms with Crippen LogP contribution in [0.3, 0.4) is 0 Å². The van der Waals surface area contributed by atoms with Gasteiger partial charge in [0.05, 0.1) is 7.11 Å². The molecule has 1 aliphatic rings. The zero-order chi connectivity index (χ0) is 13.9. The first-order valence-corrected chi connectivity index (χ1v) is 8.09. The largest absolute Gasteiger partial charge is 0.497 e. The number of nitrogens with one attached hydrogen (secondary N) is 1. The third kappa shape index (κ3) is 2.74. The van der Waals surface area contributed by atoms with Crippen molar-refractivity contribution in [3.8, 4) is 5.75 Å². The highest BCUT2D eigenvalue weighted by atomic mass is 32.1. The molecule has 1 atom stereocenters. The molecule has 1 heterocycles. The van der Waals surface area contributed by atoms with Crippen LogP contribution in [-0.4, -0.2) is 7.11 Å². The van der Waals surface area contributed by atoms with Gasteiger partial charge in [0.25, 0.3) is 0 Å². The third-order valence-corrected chi connectivity index (χ3v) is 5.25. The summed E-state index contributed by atoms with van der Waals surface area (Å²) in [7, 11) is 1.73. The number of thiophene rings is 1. The van der Waals surface area contributed by atoms with Crippen LogP contribution in [0.2, 0.25) is 0 Å². The Morgan fingerprint density at radius 1 is 1.25 bits per heavy atom. The molecule has 0 spiro atoms. The van der Waals surface area contributed by atoms with E-state index >= 15 is 0 Å². The molecule has 0 radical (unpaired) electrons. The van der Waals surface area contributed by atoms with E-state index in [9.17, 15) is 0 Å². The molecule has 20 heavy (non-hydrogen) atoms. The molecule has 0 aliphatic heterocycles. The van der Waals surface area contributed by atoms with Crippen molar-refractivity contribution in [3.05, 3.63) is 51.2 Å². The number of benzene rings is 1. The summed E-state index contributed by atoms with van der Waals surface area (Å²) in [6.07, 6.45) is 3.49. The second-order valence-corrected chi connectivity index (χ2v) is 6.51. The maximum absolute atomic E-state index is 5.34. The predicted molar refractivity (Wildman–Crippen MR) is 84.6 cm³/mol. The van der Waals surface area contributed by atoms with Gasteiger partial charge in [-0.1, -0.05) is 13.0 Å². The van der Waals surface area contributed by atoms with E-state index < -0.39 is 0 Å². The monoisotopic (exact) mass is 287 g/mol. The Kier molecular flexibility index (Phi) is 4.08. The smallest absolute Gasteiger partial charge is 0.119 e. The van der Waals surface area contributed by atoms with Gasteiger partial charge >= 0.3 is 0 Å². The topological polar surface area (TPSA) is 21.3 Å². The fourth-order valence-corrected chi connectivity index (χ4v) is 3.76. The number of hydrogen-bond donors (Lipinski definition) is 1. The molecule has 106 valence electrons. The van der Waals surface area contributed by atoms with Crippen LogP contribution in [0.4, 0.5) is 0 Å². The molecule has 2 nitrogen and oxygen atoms in total. The minimum Gasteiger partial charge on any atom is -0.497 e. The van der Waals surface area contributed by atoms with Crippen molar-refractivity contribution >= 4 is 11.3 Å². The molecule has 1 aromatic heterocycles. The standard InChI is InChI=1S/C17H21NOS/c1-3-14-7-8-15(20-14)11-18-17-9-5-12-4-6-13(19-2)10-16(12)17/h4,6-8,10,17-18H,3,5,9,11H2,1-2H3. The summed E-state index contributed by atoms with van der Waals surface area (Å²) < 4.78 is 5.34. The first-order valence-electron chi connectivity index (χ1n) is 7.28. The van der Waals surface area contributed by atoms with E-state index in [2.05, 4.69) is 42.6 Å². The van der Waals surface area contributed by atoms with E-state index in [1.165, 1.54) is 33.7 Å². The fraction of sp³-hybridized carbons (Fsp3) is 0.412. The van der Waals surface area contributed by atoms with Gasteiger partial charge in [-0.2, -0.15) is 0 Å². The first kappa shape index (κ1) is 13.7. The molecule has 0 amide bonds. The minimum atomic E-state index is 0.465. The number of hydrogen-bond acceptors (Lipinski definition) is 3. The summed E-state index contributed by atoms with van der Waals surface area (Å²) in [5.41, 5.74) is 2.88. The van der Waals surface area contributed by atoms with Gasteiger partial charge in [-0.25, -0.2) is 0 Å². The van der Waals surface area contributed by atoms with Crippen molar-refractivity contribution in [1.82, 2.24) is 5.32 Å². The van der Waals surface area contributed by atoms with Gasteiger partial charge in [0.1, 0.15) is 5.75 Å². The summed E-state index contributed by atoms with van der Waals surface area (Å²) in [6, 6.07) is 11.4. The molecule has 1 unspecified atom stereocenters. The van der Waals surface area contributed by atoms with Crippen LogP contribution in [0.25, 0.3) is 0 Å². The van der Waals surface area contributed by atoms with E-state index in [0.29, 0.717) is 6.04 Å². The molecule has 0 saturated carbocycles. The zero-order valence-electron chi connectivity index (χ0n) is 12.1. The number of aryl methyl sites for hydroxylation is 2. The lowest BCUT2D eigenvalue weighted by atomic mass is 10.1. The van der Waals surface area contributed by atoms with Crippen LogP contribution >= 0.6 is 11.3 Å². The summed E-state index contributed by atoms with van der Waals surface area (Å²) in [6.45, 7) is 3.18. The fourth-order valence-electron chi connectivity index (χ4n) is 2.85. The zero-order valence-corrected chi connectivity index (χ0v) is 12.9. The van der Waals surface area contributed by atoms with Gasteiger partial charge in [-0.05, 0) is 54.7 Å². The molecule has 0 fully saturated rings. The maximum Gasteiger partial charge on any atom is 0.119 e. The normalized spacial score (nSPS) is 17.2. The van der Waals surface area contributed by atoms with Crippen LogP contribution < -0.4 is 10.1 Å². The highest BCUT2D eigenvalue weighted by molar-refractivity contribution is 7.11. The highest BCUT2D eigenvalue weighted by Gasteiger charge is 2.22. The molecule has 1 N–H and O–H groups in total. The van der Waals surface area contributed by atoms with Crippen molar-refractivity contribution in [3.63, 3.8) is 0 Å². The molecule has 1 aromatic carbocycles. The third-order valence-electron chi connectivity index (χ3n) is 4.02. The lowest BCUT2D eigenvalue weighted by Crippen LogP contribution is -2.18. The molecule has 1 aliphatic carbocycles. The van der Waals surface area contributed by atoms with E-state index in [1.54, 1.807) is 7.11 Å². The Bertz CT molecular complexity index is 590. The predicted octanol–water partition coefficient (Wildman–Crippen LogP) is 4.10. The number of methoxy groups -OCH3 is 1. The summed E-state index contributed by atoms with van der Waals surface area (Å²) in [5.74, 6) is 0.960. The van der Waals surface area contributed by atoms with Crippen molar-refractivity contribution in [1.29, 1.82) is 0 Å². The molecule has 3 rings (SSSR count). The van der Waals surface area contributed by atoms with Crippen LogP contribution in [-0.2, 0) is 19.4 Å². The van der Waals surface area contributed by atoms with Crippen LogP contribution in [0.15, 0.2) is 30.3 Å².